The van der Waals surface area contributed by atoms with Crippen molar-refractivity contribution in [1.82, 2.24) is 15.1 Å². The molecule has 0 bridgehead atoms. The number of carbonyl (C=O) groups excluding carboxylic acids is 3. The highest BCUT2D eigenvalue weighted by molar-refractivity contribution is 6.37. The zero-order valence-electron chi connectivity index (χ0n) is 27.8. The number of nitrogens with one attached hydrogen (secondary N) is 3. The van der Waals surface area contributed by atoms with Crippen LogP contribution in [0, 0.1) is 5.82 Å². The summed E-state index contributed by atoms with van der Waals surface area (Å²) in [5.74, 6) is -0.621. The van der Waals surface area contributed by atoms with Gasteiger partial charge >= 0.3 is 0 Å². The van der Waals surface area contributed by atoms with Crippen molar-refractivity contribution in [3.63, 3.8) is 0 Å². The fourth-order valence-electron chi connectivity index (χ4n) is 5.98. The Morgan fingerprint density at radius 3 is 2.45 bits per heavy atom. The van der Waals surface area contributed by atoms with Crippen molar-refractivity contribution in [2.24, 2.45) is 0 Å². The van der Waals surface area contributed by atoms with E-state index in [9.17, 15) is 18.8 Å². The average Bonchev–Trinajstić information content (AvgIpc) is 3.44. The van der Waals surface area contributed by atoms with E-state index in [-0.39, 0.29) is 24.3 Å². The molecule has 2 aliphatic heterocycles. The number of nitrogens with zero attached hydrogens (tertiary/aromatic N) is 3. The summed E-state index contributed by atoms with van der Waals surface area (Å²) >= 11 is 0. The first-order valence-corrected chi connectivity index (χ1v) is 16.1. The molecule has 0 spiro atoms. The number of fused-ring (bicyclic) bond motifs is 1. The molecule has 1 saturated heterocycles. The number of carbonyl (C=O) groups is 3. The van der Waals surface area contributed by atoms with Crippen molar-refractivity contribution >= 4 is 46.1 Å². The summed E-state index contributed by atoms with van der Waals surface area (Å²) < 4.78 is 19.4. The van der Waals surface area contributed by atoms with E-state index in [1.54, 1.807) is 42.3 Å². The Labute approximate surface area is 285 Å². The van der Waals surface area contributed by atoms with Gasteiger partial charge in [0.05, 0.1) is 36.2 Å². The van der Waals surface area contributed by atoms with Gasteiger partial charge in [0, 0.05) is 56.7 Å². The molecule has 2 aliphatic rings. The smallest absolute Gasteiger partial charge is 0.258 e. The van der Waals surface area contributed by atoms with Crippen LogP contribution in [0.3, 0.4) is 0 Å². The number of benzene rings is 4. The van der Waals surface area contributed by atoms with Gasteiger partial charge in [-0.3, -0.25) is 19.3 Å². The molecule has 2 heterocycles. The molecule has 3 amide bonds. The lowest BCUT2D eigenvalue weighted by Crippen LogP contribution is -2.48. The second-order valence-corrected chi connectivity index (χ2v) is 12.2. The summed E-state index contributed by atoms with van der Waals surface area (Å²) in [5, 5.41) is 9.16. The third kappa shape index (κ3) is 7.64. The van der Waals surface area contributed by atoms with Crippen LogP contribution in [-0.4, -0.2) is 81.5 Å². The number of likely N-dealkylation sites (N-methyl/N-ethyl adjacent to an activating group) is 2. The Bertz CT molecular complexity index is 1900. The van der Waals surface area contributed by atoms with Gasteiger partial charge in [-0.1, -0.05) is 30.3 Å². The van der Waals surface area contributed by atoms with Gasteiger partial charge in [0.2, 0.25) is 5.91 Å². The minimum Gasteiger partial charge on any atom is -0.496 e. The van der Waals surface area contributed by atoms with Gasteiger partial charge in [-0.15, -0.1) is 0 Å². The molecule has 0 unspecified atom stereocenters. The Kier molecular flexibility index (Phi) is 10.0. The van der Waals surface area contributed by atoms with E-state index in [0.717, 1.165) is 37.4 Å². The predicted molar refractivity (Wildman–Crippen MR) is 190 cm³/mol. The first-order valence-electron chi connectivity index (χ1n) is 16.1. The van der Waals surface area contributed by atoms with Gasteiger partial charge in [-0.25, -0.2) is 4.39 Å². The molecule has 0 radical (unpaired) electrons. The van der Waals surface area contributed by atoms with Gasteiger partial charge in [0.1, 0.15) is 11.6 Å². The van der Waals surface area contributed by atoms with Crippen molar-refractivity contribution in [2.75, 3.05) is 69.5 Å². The number of piperazine rings is 1. The highest BCUT2D eigenvalue weighted by Crippen LogP contribution is 2.38. The standard InChI is InChI=1S/C38H39FN6O4/c1-43-17-19-45(20-18-43)24-34(46)44(2)29-14-12-28(13-15-29)41-36(35-30-16-11-27(39)22-32(30)42-38(35)48)26-8-6-7-25(21-26)23-40-37(47)31-9-4-5-10-33(31)49-3/h4-16,21-22,41H,17-20,23-24H2,1-3H3,(H,40,47)(H,42,48)/b36-35-. The molecule has 6 rings (SSSR count). The van der Waals surface area contributed by atoms with Gasteiger partial charge < -0.3 is 30.5 Å². The van der Waals surface area contributed by atoms with E-state index in [1.165, 1.54) is 19.2 Å². The Balaban J connectivity index is 1.26. The van der Waals surface area contributed by atoms with Crippen molar-refractivity contribution in [1.29, 1.82) is 0 Å². The maximum absolute atomic E-state index is 14.1. The van der Waals surface area contributed by atoms with E-state index >= 15 is 0 Å². The fourth-order valence-corrected chi connectivity index (χ4v) is 5.98. The summed E-state index contributed by atoms with van der Waals surface area (Å²) in [4.78, 5) is 45.5. The van der Waals surface area contributed by atoms with Crippen LogP contribution < -0.4 is 25.6 Å². The van der Waals surface area contributed by atoms with E-state index < -0.39 is 5.82 Å². The average molecular weight is 663 g/mol. The summed E-state index contributed by atoms with van der Waals surface area (Å²) in [5.41, 5.74) is 5.15. The summed E-state index contributed by atoms with van der Waals surface area (Å²) in [7, 11) is 5.37. The van der Waals surface area contributed by atoms with Crippen LogP contribution in [0.4, 0.5) is 21.5 Å². The van der Waals surface area contributed by atoms with Crippen LogP contribution >= 0.6 is 0 Å². The number of halogens is 1. The Morgan fingerprint density at radius 2 is 1.69 bits per heavy atom. The monoisotopic (exact) mass is 662 g/mol. The minimum absolute atomic E-state index is 0.00847. The molecule has 0 atom stereocenters. The van der Waals surface area contributed by atoms with Crippen LogP contribution in [-0.2, 0) is 16.1 Å². The number of hydrogen-bond acceptors (Lipinski definition) is 7. The molecule has 11 heteroatoms. The molecule has 4 aromatic carbocycles. The molecule has 3 N–H and O–H groups in total. The predicted octanol–water partition coefficient (Wildman–Crippen LogP) is 4.91. The second kappa shape index (κ2) is 14.7. The lowest BCUT2D eigenvalue weighted by molar-refractivity contribution is -0.119. The van der Waals surface area contributed by atoms with Crippen LogP contribution in [0.1, 0.15) is 27.0 Å². The van der Waals surface area contributed by atoms with Crippen LogP contribution in [0.2, 0.25) is 0 Å². The number of methoxy groups -OCH3 is 1. The zero-order chi connectivity index (χ0) is 34.5. The van der Waals surface area contributed by atoms with E-state index in [4.69, 9.17) is 4.74 Å². The van der Waals surface area contributed by atoms with Crippen molar-refractivity contribution < 1.29 is 23.5 Å². The van der Waals surface area contributed by atoms with Gasteiger partial charge in [-0.05, 0) is 78.8 Å². The SMILES string of the molecule is COc1ccccc1C(=O)NCc1cccc(/C(Nc2ccc(N(C)C(=O)CN3CCN(C)CC3)cc2)=C2/C(=O)Nc3cc(F)ccc32)c1. The first-order chi connectivity index (χ1) is 23.7. The number of amides is 3. The number of para-hydroxylation sites is 1. The Morgan fingerprint density at radius 1 is 0.939 bits per heavy atom. The van der Waals surface area contributed by atoms with Crippen LogP contribution in [0.25, 0.3) is 11.3 Å². The quantitative estimate of drug-likeness (QED) is 0.208. The van der Waals surface area contributed by atoms with Crippen molar-refractivity contribution in [3.05, 3.63) is 119 Å². The zero-order valence-corrected chi connectivity index (χ0v) is 27.8. The molecule has 0 aliphatic carbocycles. The molecule has 10 nitrogen and oxygen atoms in total. The van der Waals surface area contributed by atoms with Crippen molar-refractivity contribution in [2.45, 2.75) is 6.54 Å². The highest BCUT2D eigenvalue weighted by atomic mass is 19.1. The first kappa shape index (κ1) is 33.4. The lowest BCUT2D eigenvalue weighted by atomic mass is 9.98. The van der Waals surface area contributed by atoms with E-state index in [1.807, 2.05) is 48.5 Å². The third-order valence-electron chi connectivity index (χ3n) is 8.85. The largest absolute Gasteiger partial charge is 0.496 e. The molecular weight excluding hydrogens is 623 g/mol. The van der Waals surface area contributed by atoms with E-state index in [0.29, 0.717) is 51.6 Å². The molecular formula is C38H39FN6O4. The summed E-state index contributed by atoms with van der Waals surface area (Å²) in [6.45, 7) is 4.17. The summed E-state index contributed by atoms with van der Waals surface area (Å²) in [6.07, 6.45) is 0. The van der Waals surface area contributed by atoms with Gasteiger partial charge in [0.25, 0.3) is 11.8 Å². The molecule has 0 aromatic heterocycles. The third-order valence-corrected chi connectivity index (χ3v) is 8.85. The number of ether oxygens (including phenoxy) is 1. The molecule has 49 heavy (non-hydrogen) atoms. The normalized spacial score (nSPS) is 15.6. The Hall–Kier alpha value is -5.52. The minimum atomic E-state index is -0.454. The number of rotatable bonds is 10. The van der Waals surface area contributed by atoms with Gasteiger partial charge in [0.15, 0.2) is 0 Å². The van der Waals surface area contributed by atoms with Crippen LogP contribution in [0.5, 0.6) is 5.75 Å². The highest BCUT2D eigenvalue weighted by Gasteiger charge is 2.29. The molecule has 252 valence electrons. The number of hydrogen-bond donors (Lipinski definition) is 3. The summed E-state index contributed by atoms with van der Waals surface area (Å²) in [6, 6.07) is 26.1. The van der Waals surface area contributed by atoms with Crippen molar-refractivity contribution in [3.8, 4) is 5.75 Å². The van der Waals surface area contributed by atoms with E-state index in [2.05, 4.69) is 32.8 Å². The maximum Gasteiger partial charge on any atom is 0.258 e. The number of anilines is 3. The maximum atomic E-state index is 14.1. The molecule has 1 fully saturated rings. The van der Waals surface area contributed by atoms with Crippen LogP contribution in [0.15, 0.2) is 91.0 Å². The second-order valence-electron chi connectivity index (χ2n) is 12.2. The molecule has 0 saturated carbocycles. The fraction of sp³-hybridized carbons (Fsp3) is 0.237. The lowest BCUT2D eigenvalue weighted by Gasteiger charge is -2.32. The topological polar surface area (TPSA) is 106 Å². The van der Waals surface area contributed by atoms with Gasteiger partial charge in [-0.2, -0.15) is 0 Å². The molecule has 4 aromatic rings.